The van der Waals surface area contributed by atoms with Gasteiger partial charge in [-0.1, -0.05) is 42.5 Å². The van der Waals surface area contributed by atoms with Crippen molar-refractivity contribution in [2.45, 2.75) is 19.5 Å². The fourth-order valence-electron chi connectivity index (χ4n) is 3.05. The van der Waals surface area contributed by atoms with Crippen LogP contribution in [-0.2, 0) is 24.3 Å². The summed E-state index contributed by atoms with van der Waals surface area (Å²) in [5.41, 5.74) is 5.00. The van der Waals surface area contributed by atoms with Gasteiger partial charge in [-0.25, -0.2) is 4.79 Å². The zero-order chi connectivity index (χ0) is 18.4. The first kappa shape index (κ1) is 17.8. The molecule has 1 aliphatic rings. The molecule has 6 nitrogen and oxygen atoms in total. The van der Waals surface area contributed by atoms with E-state index in [1.54, 1.807) is 0 Å². The largest absolute Gasteiger partial charge is 0.367 e. The van der Waals surface area contributed by atoms with Crippen LogP contribution in [0.1, 0.15) is 16.7 Å². The highest BCUT2D eigenvalue weighted by Crippen LogP contribution is 2.28. The van der Waals surface area contributed by atoms with Crippen LogP contribution in [0.5, 0.6) is 0 Å². The number of nitrogens with one attached hydrogen (secondary N) is 3. The lowest BCUT2D eigenvalue weighted by Crippen LogP contribution is -2.40. The minimum Gasteiger partial charge on any atom is -0.367 e. The first-order chi connectivity index (χ1) is 12.7. The standard InChI is InChI=1S/C20H24N4O2/c1-21-19(25)13-23-20(26)22-12-15-6-8-16(9-7-15)14-24-11-10-17-4-2-3-5-18(17)24/h2-9H,10-14H2,1H3,(H,21,25)(H2,22,23,26). The second-order valence-corrected chi connectivity index (χ2v) is 6.33. The van der Waals surface area contributed by atoms with E-state index in [1.165, 1.54) is 23.9 Å². The number of amides is 3. The lowest BCUT2D eigenvalue weighted by atomic mass is 10.1. The molecule has 26 heavy (non-hydrogen) atoms. The Labute approximate surface area is 153 Å². The van der Waals surface area contributed by atoms with Gasteiger partial charge in [0.1, 0.15) is 0 Å². The number of hydrogen-bond acceptors (Lipinski definition) is 3. The molecule has 1 aliphatic heterocycles. The molecule has 2 aromatic rings. The fraction of sp³-hybridized carbons (Fsp3) is 0.300. The minimum absolute atomic E-state index is 0.0292. The molecule has 0 unspecified atom stereocenters. The average Bonchev–Trinajstić information content (AvgIpc) is 3.08. The topological polar surface area (TPSA) is 73.5 Å². The predicted molar refractivity (Wildman–Crippen MR) is 102 cm³/mol. The molecule has 2 aromatic carbocycles. The molecule has 0 aromatic heterocycles. The summed E-state index contributed by atoms with van der Waals surface area (Å²) in [6.07, 6.45) is 1.10. The van der Waals surface area contributed by atoms with Crippen molar-refractivity contribution in [1.29, 1.82) is 0 Å². The summed E-state index contributed by atoms with van der Waals surface area (Å²) in [5, 5.41) is 7.70. The van der Waals surface area contributed by atoms with Crippen molar-refractivity contribution in [3.63, 3.8) is 0 Å². The number of carbonyl (C=O) groups excluding carboxylic acids is 2. The molecule has 0 aliphatic carbocycles. The Balaban J connectivity index is 1.48. The van der Waals surface area contributed by atoms with Crippen molar-refractivity contribution in [3.8, 4) is 0 Å². The summed E-state index contributed by atoms with van der Waals surface area (Å²) in [6, 6.07) is 16.4. The van der Waals surface area contributed by atoms with E-state index in [-0.39, 0.29) is 18.5 Å². The van der Waals surface area contributed by atoms with Gasteiger partial charge in [-0.3, -0.25) is 4.79 Å². The highest BCUT2D eigenvalue weighted by molar-refractivity contribution is 5.83. The number of urea groups is 1. The SMILES string of the molecule is CNC(=O)CNC(=O)NCc1ccc(CN2CCc3ccccc32)cc1. The summed E-state index contributed by atoms with van der Waals surface area (Å²) >= 11 is 0. The van der Waals surface area contributed by atoms with Crippen LogP contribution in [0.3, 0.4) is 0 Å². The van der Waals surface area contributed by atoms with Gasteiger partial charge in [-0.2, -0.15) is 0 Å². The molecular weight excluding hydrogens is 328 g/mol. The monoisotopic (exact) mass is 352 g/mol. The molecule has 0 saturated heterocycles. The molecule has 0 spiro atoms. The first-order valence-corrected chi connectivity index (χ1v) is 8.78. The quantitative estimate of drug-likeness (QED) is 0.742. The van der Waals surface area contributed by atoms with Crippen LogP contribution in [0.25, 0.3) is 0 Å². The Kier molecular flexibility index (Phi) is 5.73. The Morgan fingerprint density at radius 1 is 1.00 bits per heavy atom. The van der Waals surface area contributed by atoms with Crippen molar-refractivity contribution in [2.24, 2.45) is 0 Å². The minimum atomic E-state index is -0.355. The molecule has 0 fully saturated rings. The van der Waals surface area contributed by atoms with E-state index in [1.807, 2.05) is 12.1 Å². The van der Waals surface area contributed by atoms with Gasteiger partial charge in [-0.15, -0.1) is 0 Å². The van der Waals surface area contributed by atoms with Crippen LogP contribution in [0.15, 0.2) is 48.5 Å². The molecule has 0 saturated carbocycles. The van der Waals surface area contributed by atoms with Crippen LogP contribution in [0.4, 0.5) is 10.5 Å². The molecule has 136 valence electrons. The molecule has 3 rings (SSSR count). The van der Waals surface area contributed by atoms with Crippen molar-refractivity contribution in [3.05, 3.63) is 65.2 Å². The van der Waals surface area contributed by atoms with Crippen LogP contribution in [-0.4, -0.2) is 32.1 Å². The van der Waals surface area contributed by atoms with Crippen molar-refractivity contribution >= 4 is 17.6 Å². The summed E-state index contributed by atoms with van der Waals surface area (Å²) < 4.78 is 0. The number of rotatable bonds is 6. The second-order valence-electron chi connectivity index (χ2n) is 6.33. The zero-order valence-corrected chi connectivity index (χ0v) is 14.9. The van der Waals surface area contributed by atoms with E-state index in [9.17, 15) is 9.59 Å². The first-order valence-electron chi connectivity index (χ1n) is 8.78. The number of hydrogen-bond donors (Lipinski definition) is 3. The molecule has 1 heterocycles. The van der Waals surface area contributed by atoms with E-state index < -0.39 is 0 Å². The molecule has 0 bridgehead atoms. The van der Waals surface area contributed by atoms with E-state index in [2.05, 4.69) is 57.2 Å². The van der Waals surface area contributed by atoms with Crippen LogP contribution >= 0.6 is 0 Å². The molecule has 0 radical (unpaired) electrons. The van der Waals surface area contributed by atoms with Crippen LogP contribution < -0.4 is 20.9 Å². The normalized spacial score (nSPS) is 12.4. The number of para-hydroxylation sites is 1. The Morgan fingerprint density at radius 2 is 1.73 bits per heavy atom. The van der Waals surface area contributed by atoms with Gasteiger partial charge in [0.25, 0.3) is 0 Å². The highest BCUT2D eigenvalue weighted by Gasteiger charge is 2.18. The van der Waals surface area contributed by atoms with Crippen LogP contribution in [0.2, 0.25) is 0 Å². The molecule has 6 heteroatoms. The maximum absolute atomic E-state index is 11.6. The number of fused-ring (bicyclic) bond motifs is 1. The highest BCUT2D eigenvalue weighted by atomic mass is 16.2. The van der Waals surface area contributed by atoms with E-state index in [0.29, 0.717) is 6.54 Å². The third kappa shape index (κ3) is 4.53. The van der Waals surface area contributed by atoms with E-state index >= 15 is 0 Å². The Hall–Kier alpha value is -3.02. The summed E-state index contributed by atoms with van der Waals surface area (Å²) in [6.45, 7) is 2.33. The maximum atomic E-state index is 11.6. The summed E-state index contributed by atoms with van der Waals surface area (Å²) in [5.74, 6) is -0.229. The molecule has 0 atom stereocenters. The number of benzene rings is 2. The van der Waals surface area contributed by atoms with Crippen LogP contribution in [0, 0.1) is 0 Å². The van der Waals surface area contributed by atoms with Gasteiger partial charge >= 0.3 is 6.03 Å². The number of nitrogens with zero attached hydrogens (tertiary/aromatic N) is 1. The van der Waals surface area contributed by atoms with E-state index in [4.69, 9.17) is 0 Å². The van der Waals surface area contributed by atoms with Gasteiger partial charge in [-0.05, 0) is 29.2 Å². The predicted octanol–water partition coefficient (Wildman–Crippen LogP) is 1.79. The number of likely N-dealkylation sites (N-methyl/N-ethyl adjacent to an activating group) is 1. The van der Waals surface area contributed by atoms with Crippen molar-refractivity contribution in [1.82, 2.24) is 16.0 Å². The maximum Gasteiger partial charge on any atom is 0.315 e. The lowest BCUT2D eigenvalue weighted by molar-refractivity contribution is -0.119. The number of carbonyl (C=O) groups is 2. The smallest absolute Gasteiger partial charge is 0.315 e. The third-order valence-corrected chi connectivity index (χ3v) is 4.52. The Morgan fingerprint density at radius 3 is 2.50 bits per heavy atom. The molecule has 3 N–H and O–H groups in total. The summed E-state index contributed by atoms with van der Waals surface area (Å²) in [7, 11) is 1.53. The second kappa shape index (κ2) is 8.38. The van der Waals surface area contributed by atoms with Gasteiger partial charge in [0, 0.05) is 32.4 Å². The lowest BCUT2D eigenvalue weighted by Gasteiger charge is -2.19. The van der Waals surface area contributed by atoms with Gasteiger partial charge in [0.2, 0.25) is 5.91 Å². The van der Waals surface area contributed by atoms with Gasteiger partial charge in [0.15, 0.2) is 0 Å². The summed E-state index contributed by atoms with van der Waals surface area (Å²) in [4.78, 5) is 25.1. The number of anilines is 1. The van der Waals surface area contributed by atoms with Crippen molar-refractivity contribution < 1.29 is 9.59 Å². The fourth-order valence-corrected chi connectivity index (χ4v) is 3.05. The third-order valence-electron chi connectivity index (χ3n) is 4.52. The average molecular weight is 352 g/mol. The Bertz CT molecular complexity index is 774. The molecular formula is C20H24N4O2. The van der Waals surface area contributed by atoms with Gasteiger partial charge in [0.05, 0.1) is 6.54 Å². The van der Waals surface area contributed by atoms with E-state index in [0.717, 1.165) is 25.1 Å². The van der Waals surface area contributed by atoms with Crippen molar-refractivity contribution in [2.75, 3.05) is 25.0 Å². The zero-order valence-electron chi connectivity index (χ0n) is 14.9. The van der Waals surface area contributed by atoms with Gasteiger partial charge < -0.3 is 20.9 Å². The molecule has 3 amide bonds.